The van der Waals surface area contributed by atoms with Crippen molar-refractivity contribution in [3.63, 3.8) is 0 Å². The third-order valence-electron chi connectivity index (χ3n) is 5.07. The summed E-state index contributed by atoms with van der Waals surface area (Å²) in [7, 11) is 0. The van der Waals surface area contributed by atoms with E-state index < -0.39 is 5.72 Å². The molecule has 3 rings (SSSR count). The molecule has 122 valence electrons. The van der Waals surface area contributed by atoms with Gasteiger partial charge in [0.15, 0.2) is 0 Å². The molecule has 1 unspecified atom stereocenters. The maximum Gasteiger partial charge on any atom is 0.251 e. The fourth-order valence-electron chi connectivity index (χ4n) is 3.66. The smallest absolute Gasteiger partial charge is 0.251 e. The van der Waals surface area contributed by atoms with Gasteiger partial charge in [-0.2, -0.15) is 0 Å². The van der Waals surface area contributed by atoms with E-state index in [4.69, 9.17) is 4.74 Å². The van der Waals surface area contributed by atoms with Crippen LogP contribution in [0.1, 0.15) is 58.3 Å². The van der Waals surface area contributed by atoms with Crippen molar-refractivity contribution in [2.75, 3.05) is 13.1 Å². The van der Waals surface area contributed by atoms with Crippen LogP contribution < -0.4 is 5.32 Å². The van der Waals surface area contributed by atoms with Crippen LogP contribution in [-0.2, 0) is 14.3 Å². The van der Waals surface area contributed by atoms with Gasteiger partial charge in [-0.05, 0) is 32.1 Å². The minimum atomic E-state index is -0.529. The van der Waals surface area contributed by atoms with E-state index in [1.165, 1.54) is 18.4 Å². The van der Waals surface area contributed by atoms with Crippen molar-refractivity contribution >= 4 is 11.8 Å². The predicted molar refractivity (Wildman–Crippen MR) is 83.0 cm³/mol. The second-order valence-electron chi connectivity index (χ2n) is 6.66. The monoisotopic (exact) mass is 306 g/mol. The molecule has 2 amide bonds. The quantitative estimate of drug-likeness (QED) is 0.813. The zero-order valence-electron chi connectivity index (χ0n) is 13.4. The Balaban J connectivity index is 1.52. The van der Waals surface area contributed by atoms with E-state index in [0.29, 0.717) is 38.8 Å². The molecular formula is C17H26N2O3. The average molecular weight is 306 g/mol. The number of nitrogens with zero attached hydrogens (tertiary/aromatic N) is 1. The Labute approximate surface area is 132 Å². The van der Waals surface area contributed by atoms with Crippen LogP contribution in [0.4, 0.5) is 0 Å². The van der Waals surface area contributed by atoms with E-state index in [1.807, 2.05) is 11.8 Å². The van der Waals surface area contributed by atoms with Crippen molar-refractivity contribution in [3.05, 3.63) is 11.6 Å². The summed E-state index contributed by atoms with van der Waals surface area (Å²) in [6, 6.07) is 0. The van der Waals surface area contributed by atoms with E-state index in [-0.39, 0.29) is 17.9 Å². The Morgan fingerprint density at radius 1 is 1.41 bits per heavy atom. The lowest BCUT2D eigenvalue weighted by atomic mass is 9.95. The first kappa shape index (κ1) is 15.5. The molecule has 2 aliphatic heterocycles. The molecule has 3 aliphatic rings. The number of allylic oxidation sites excluding steroid dienone is 1. The Hall–Kier alpha value is -1.36. The maximum atomic E-state index is 12.4. The molecule has 5 heteroatoms. The highest BCUT2D eigenvalue weighted by molar-refractivity contribution is 5.83. The summed E-state index contributed by atoms with van der Waals surface area (Å²) in [4.78, 5) is 26.2. The lowest BCUT2D eigenvalue weighted by molar-refractivity contribution is -0.138. The first-order valence-corrected chi connectivity index (χ1v) is 8.57. The van der Waals surface area contributed by atoms with Gasteiger partial charge in [0, 0.05) is 32.4 Å². The van der Waals surface area contributed by atoms with Gasteiger partial charge < -0.3 is 15.0 Å². The molecule has 1 atom stereocenters. The van der Waals surface area contributed by atoms with Gasteiger partial charge in [0.1, 0.15) is 11.8 Å². The van der Waals surface area contributed by atoms with Gasteiger partial charge in [0.05, 0.1) is 0 Å². The maximum absolute atomic E-state index is 12.4. The molecule has 2 heterocycles. The second kappa shape index (κ2) is 6.41. The molecule has 0 radical (unpaired) electrons. The minimum Gasteiger partial charge on any atom is -0.343 e. The summed E-state index contributed by atoms with van der Waals surface area (Å²) < 4.78 is 5.92. The van der Waals surface area contributed by atoms with Crippen LogP contribution in [0.2, 0.25) is 0 Å². The minimum absolute atomic E-state index is 0.00497. The van der Waals surface area contributed by atoms with Crippen molar-refractivity contribution in [2.45, 2.75) is 70.1 Å². The van der Waals surface area contributed by atoms with E-state index in [1.54, 1.807) is 0 Å². The topological polar surface area (TPSA) is 58.6 Å². The molecule has 2 fully saturated rings. The van der Waals surface area contributed by atoms with Crippen LogP contribution in [0.3, 0.4) is 0 Å². The SMILES string of the molecule is CCC1OC2(CCN(C(=O)CC3=CCCCC3)CC2)NC1=O. The summed E-state index contributed by atoms with van der Waals surface area (Å²) >= 11 is 0. The van der Waals surface area contributed by atoms with E-state index >= 15 is 0 Å². The first-order chi connectivity index (χ1) is 10.6. The molecule has 1 aliphatic carbocycles. The number of likely N-dealkylation sites (tertiary alicyclic amines) is 1. The Kier molecular flexibility index (Phi) is 4.52. The molecule has 1 N–H and O–H groups in total. The van der Waals surface area contributed by atoms with Gasteiger partial charge in [0.2, 0.25) is 5.91 Å². The zero-order valence-corrected chi connectivity index (χ0v) is 13.4. The summed E-state index contributed by atoms with van der Waals surface area (Å²) in [6.07, 6.45) is 9.21. The lowest BCUT2D eigenvalue weighted by Gasteiger charge is -2.38. The van der Waals surface area contributed by atoms with Crippen LogP contribution in [0.25, 0.3) is 0 Å². The summed E-state index contributed by atoms with van der Waals surface area (Å²) in [5.74, 6) is 0.217. The molecule has 0 aromatic heterocycles. The fraction of sp³-hybridized carbons (Fsp3) is 0.765. The third-order valence-corrected chi connectivity index (χ3v) is 5.07. The zero-order chi connectivity index (χ0) is 15.6. The number of rotatable bonds is 3. The van der Waals surface area contributed by atoms with Gasteiger partial charge in [-0.3, -0.25) is 9.59 Å². The number of hydrogen-bond donors (Lipinski definition) is 1. The average Bonchev–Trinajstić information content (AvgIpc) is 2.84. The number of ether oxygens (including phenoxy) is 1. The highest BCUT2D eigenvalue weighted by atomic mass is 16.5. The number of carbonyl (C=O) groups excluding carboxylic acids is 2. The van der Waals surface area contributed by atoms with Crippen molar-refractivity contribution in [2.24, 2.45) is 0 Å². The summed E-state index contributed by atoms with van der Waals surface area (Å²) in [6.45, 7) is 3.30. The van der Waals surface area contributed by atoms with Gasteiger partial charge in [-0.1, -0.05) is 18.6 Å². The van der Waals surface area contributed by atoms with Crippen LogP contribution in [0, 0.1) is 0 Å². The fourth-order valence-corrected chi connectivity index (χ4v) is 3.66. The van der Waals surface area contributed by atoms with Crippen LogP contribution in [-0.4, -0.2) is 41.6 Å². The Morgan fingerprint density at radius 2 is 2.18 bits per heavy atom. The van der Waals surface area contributed by atoms with Crippen molar-refractivity contribution in [1.82, 2.24) is 10.2 Å². The largest absolute Gasteiger partial charge is 0.343 e. The number of piperidine rings is 1. The number of amides is 2. The molecule has 0 saturated carbocycles. The lowest BCUT2D eigenvalue weighted by Crippen LogP contribution is -2.53. The molecule has 0 bridgehead atoms. The van der Waals surface area contributed by atoms with Crippen LogP contribution in [0.15, 0.2) is 11.6 Å². The van der Waals surface area contributed by atoms with Crippen molar-refractivity contribution < 1.29 is 14.3 Å². The summed E-state index contributed by atoms with van der Waals surface area (Å²) in [5, 5.41) is 3.00. The highest BCUT2D eigenvalue weighted by Gasteiger charge is 2.46. The second-order valence-corrected chi connectivity index (χ2v) is 6.66. The molecule has 2 saturated heterocycles. The molecular weight excluding hydrogens is 280 g/mol. The first-order valence-electron chi connectivity index (χ1n) is 8.57. The van der Waals surface area contributed by atoms with Crippen LogP contribution in [0.5, 0.6) is 0 Å². The number of hydrogen-bond acceptors (Lipinski definition) is 3. The van der Waals surface area contributed by atoms with Crippen LogP contribution >= 0.6 is 0 Å². The molecule has 5 nitrogen and oxygen atoms in total. The predicted octanol–water partition coefficient (Wildman–Crippen LogP) is 2.12. The van der Waals surface area contributed by atoms with Crippen molar-refractivity contribution in [1.29, 1.82) is 0 Å². The highest BCUT2D eigenvalue weighted by Crippen LogP contribution is 2.31. The van der Waals surface area contributed by atoms with E-state index in [0.717, 1.165) is 12.8 Å². The normalized spacial score (nSPS) is 27.7. The van der Waals surface area contributed by atoms with Gasteiger partial charge in [-0.25, -0.2) is 0 Å². The van der Waals surface area contributed by atoms with E-state index in [9.17, 15) is 9.59 Å². The van der Waals surface area contributed by atoms with E-state index in [2.05, 4.69) is 11.4 Å². The van der Waals surface area contributed by atoms with Gasteiger partial charge in [0.25, 0.3) is 5.91 Å². The third kappa shape index (κ3) is 3.19. The molecule has 0 aromatic rings. The Morgan fingerprint density at radius 3 is 2.77 bits per heavy atom. The summed E-state index contributed by atoms with van der Waals surface area (Å²) in [5.41, 5.74) is 0.770. The molecule has 1 spiro atoms. The Bertz CT molecular complexity index is 478. The van der Waals surface area contributed by atoms with Gasteiger partial charge >= 0.3 is 0 Å². The standard InChI is InChI=1S/C17H26N2O3/c1-2-14-16(21)18-17(22-14)8-10-19(11-9-17)15(20)12-13-6-4-3-5-7-13/h6,14H,2-5,7-12H2,1H3,(H,18,21). The number of nitrogens with one attached hydrogen (secondary N) is 1. The van der Waals surface area contributed by atoms with Crippen molar-refractivity contribution in [3.8, 4) is 0 Å². The molecule has 22 heavy (non-hydrogen) atoms. The molecule has 0 aromatic carbocycles. The van der Waals surface area contributed by atoms with Gasteiger partial charge in [-0.15, -0.1) is 0 Å². The number of carbonyl (C=O) groups is 2.